The van der Waals surface area contributed by atoms with Crippen molar-refractivity contribution < 1.29 is 18.3 Å². The summed E-state index contributed by atoms with van der Waals surface area (Å²) < 4.78 is 43.3. The second-order valence-corrected chi connectivity index (χ2v) is 5.50. The Balaban J connectivity index is 2.21. The predicted octanol–water partition coefficient (Wildman–Crippen LogP) is 2.48. The third kappa shape index (κ3) is 3.21. The molecule has 26 heavy (non-hydrogen) atoms. The Labute approximate surface area is 146 Å². The van der Waals surface area contributed by atoms with Crippen LogP contribution in [0, 0.1) is 17.5 Å². The molecule has 0 bridgehead atoms. The van der Waals surface area contributed by atoms with E-state index < -0.39 is 23.1 Å². The Kier molecular flexibility index (Phi) is 4.81. The van der Waals surface area contributed by atoms with Gasteiger partial charge in [0.25, 0.3) is 0 Å². The van der Waals surface area contributed by atoms with Gasteiger partial charge in [-0.15, -0.1) is 0 Å². The Morgan fingerprint density at radius 2 is 2.00 bits per heavy atom. The van der Waals surface area contributed by atoms with Crippen LogP contribution in [0.4, 0.5) is 13.2 Å². The van der Waals surface area contributed by atoms with Crippen LogP contribution in [-0.4, -0.2) is 29.8 Å². The van der Waals surface area contributed by atoms with Gasteiger partial charge in [0, 0.05) is 17.2 Å². The average Bonchev–Trinajstić information content (AvgIpc) is 3.09. The Morgan fingerprint density at radius 1 is 1.19 bits per heavy atom. The lowest BCUT2D eigenvalue weighted by Gasteiger charge is -2.31. The molecule has 0 unspecified atom stereocenters. The maximum Gasteiger partial charge on any atom is 0.167 e. The molecule has 3 rings (SSSR count). The van der Waals surface area contributed by atoms with Crippen molar-refractivity contribution in [1.29, 1.82) is 0 Å². The lowest BCUT2D eigenvalue weighted by molar-refractivity contribution is 0.0716. The first-order chi connectivity index (χ1) is 12.5. The molecule has 1 N–H and O–H groups in total. The van der Waals surface area contributed by atoms with Crippen LogP contribution in [0.25, 0.3) is 5.57 Å². The number of aromatic nitrogens is 5. The molecular formula is C17H14F3N5O. The largest absolute Gasteiger partial charge is 0.378 e. The van der Waals surface area contributed by atoms with Gasteiger partial charge in [-0.3, -0.25) is 0 Å². The molecule has 0 aliphatic rings. The minimum absolute atomic E-state index is 0.0154. The molecule has 6 nitrogen and oxygen atoms in total. The van der Waals surface area contributed by atoms with Gasteiger partial charge in [-0.1, -0.05) is 6.08 Å². The Hall–Kier alpha value is -3.07. The molecule has 0 amide bonds. The minimum Gasteiger partial charge on any atom is -0.378 e. The summed E-state index contributed by atoms with van der Waals surface area (Å²) in [5.41, 5.74) is -2.55. The van der Waals surface area contributed by atoms with Crippen LogP contribution in [0.3, 0.4) is 0 Å². The van der Waals surface area contributed by atoms with Crippen molar-refractivity contribution in [3.05, 3.63) is 78.2 Å². The SMILES string of the molecule is C/C=C(\c1ncncc1F)[C@](O)(Cn1cncn1)c1ccc(F)cc1F. The number of aliphatic hydroxyl groups is 1. The molecule has 0 aliphatic carbocycles. The summed E-state index contributed by atoms with van der Waals surface area (Å²) in [5, 5.41) is 15.3. The highest BCUT2D eigenvalue weighted by atomic mass is 19.1. The number of hydrogen-bond donors (Lipinski definition) is 1. The molecule has 0 saturated carbocycles. The molecule has 3 aromatic rings. The van der Waals surface area contributed by atoms with Crippen LogP contribution in [-0.2, 0) is 12.1 Å². The lowest BCUT2D eigenvalue weighted by atomic mass is 9.83. The summed E-state index contributed by atoms with van der Waals surface area (Å²) in [6.07, 6.45) is 6.00. The first-order valence-electron chi connectivity index (χ1n) is 7.58. The van der Waals surface area contributed by atoms with E-state index in [9.17, 15) is 18.3 Å². The van der Waals surface area contributed by atoms with Gasteiger partial charge in [-0.05, 0) is 19.1 Å². The van der Waals surface area contributed by atoms with Crippen LogP contribution in [0.2, 0.25) is 0 Å². The summed E-state index contributed by atoms with van der Waals surface area (Å²) in [5.74, 6) is -2.58. The van der Waals surface area contributed by atoms with Crippen molar-refractivity contribution in [3.8, 4) is 0 Å². The van der Waals surface area contributed by atoms with E-state index in [1.165, 1.54) is 23.4 Å². The fraction of sp³-hybridized carbons (Fsp3) is 0.176. The van der Waals surface area contributed by atoms with E-state index in [0.29, 0.717) is 6.07 Å². The highest BCUT2D eigenvalue weighted by Gasteiger charge is 2.39. The van der Waals surface area contributed by atoms with E-state index >= 15 is 0 Å². The first kappa shape index (κ1) is 17.7. The van der Waals surface area contributed by atoms with Gasteiger partial charge in [0.15, 0.2) is 5.82 Å². The molecule has 0 fully saturated rings. The molecule has 0 aliphatic heterocycles. The number of halogens is 3. The second-order valence-electron chi connectivity index (χ2n) is 5.50. The van der Waals surface area contributed by atoms with Crippen LogP contribution >= 0.6 is 0 Å². The van der Waals surface area contributed by atoms with Crippen LogP contribution in [0.5, 0.6) is 0 Å². The highest BCUT2D eigenvalue weighted by molar-refractivity contribution is 5.71. The lowest BCUT2D eigenvalue weighted by Crippen LogP contribution is -2.35. The summed E-state index contributed by atoms with van der Waals surface area (Å²) in [4.78, 5) is 11.2. The fourth-order valence-corrected chi connectivity index (χ4v) is 2.77. The molecule has 134 valence electrons. The monoisotopic (exact) mass is 361 g/mol. The average molecular weight is 361 g/mol. The quantitative estimate of drug-likeness (QED) is 0.756. The Bertz CT molecular complexity index is 945. The molecule has 2 heterocycles. The van der Waals surface area contributed by atoms with Crippen LogP contribution in [0.15, 0.2) is 49.5 Å². The van der Waals surface area contributed by atoms with Crippen LogP contribution in [0.1, 0.15) is 18.2 Å². The minimum atomic E-state index is -2.09. The van der Waals surface area contributed by atoms with Crippen LogP contribution < -0.4 is 0 Å². The zero-order chi connectivity index (χ0) is 18.7. The van der Waals surface area contributed by atoms with E-state index in [2.05, 4.69) is 20.1 Å². The van der Waals surface area contributed by atoms with Gasteiger partial charge in [-0.25, -0.2) is 32.8 Å². The van der Waals surface area contributed by atoms with Gasteiger partial charge >= 0.3 is 0 Å². The number of allylic oxidation sites excluding steroid dienone is 1. The highest BCUT2D eigenvalue weighted by Crippen LogP contribution is 2.39. The zero-order valence-electron chi connectivity index (χ0n) is 13.6. The molecule has 0 saturated heterocycles. The van der Waals surface area contributed by atoms with Gasteiger partial charge in [-0.2, -0.15) is 5.10 Å². The van der Waals surface area contributed by atoms with Crippen molar-refractivity contribution >= 4 is 5.57 Å². The van der Waals surface area contributed by atoms with Gasteiger partial charge in [0.2, 0.25) is 0 Å². The normalized spacial score (nSPS) is 14.3. The van der Waals surface area contributed by atoms with Crippen molar-refractivity contribution in [2.24, 2.45) is 0 Å². The zero-order valence-corrected chi connectivity index (χ0v) is 13.6. The van der Waals surface area contributed by atoms with Gasteiger partial charge in [0.05, 0.1) is 12.7 Å². The summed E-state index contributed by atoms with van der Waals surface area (Å²) >= 11 is 0. The Morgan fingerprint density at radius 3 is 2.62 bits per heavy atom. The third-order valence-electron chi connectivity index (χ3n) is 3.89. The third-order valence-corrected chi connectivity index (χ3v) is 3.89. The number of benzene rings is 1. The maximum atomic E-state index is 14.5. The maximum absolute atomic E-state index is 14.5. The van der Waals surface area contributed by atoms with Crippen molar-refractivity contribution in [2.75, 3.05) is 0 Å². The molecule has 0 radical (unpaired) electrons. The second kappa shape index (κ2) is 7.04. The standard InChI is InChI=1S/C17H14F3N5O/c1-2-12(16-15(20)6-21-8-23-16)17(26,7-25-10-22-9-24-25)13-4-3-11(18)5-14(13)19/h2-6,8-10,26H,7H2,1H3/b12-2+/t17-/m1/s1. The van der Waals surface area contributed by atoms with Gasteiger partial charge < -0.3 is 5.11 Å². The molecule has 0 spiro atoms. The smallest absolute Gasteiger partial charge is 0.167 e. The van der Waals surface area contributed by atoms with E-state index in [-0.39, 0.29) is 23.4 Å². The topological polar surface area (TPSA) is 76.7 Å². The first-order valence-corrected chi connectivity index (χ1v) is 7.58. The predicted molar refractivity (Wildman–Crippen MR) is 85.9 cm³/mol. The molecule has 1 atom stereocenters. The van der Waals surface area contributed by atoms with E-state index in [1.54, 1.807) is 6.92 Å². The number of hydrogen-bond acceptors (Lipinski definition) is 5. The van der Waals surface area contributed by atoms with Gasteiger partial charge in [0.1, 0.15) is 41.9 Å². The van der Waals surface area contributed by atoms with Crippen molar-refractivity contribution in [3.63, 3.8) is 0 Å². The molecule has 9 heteroatoms. The van der Waals surface area contributed by atoms with E-state index in [4.69, 9.17) is 0 Å². The summed E-state index contributed by atoms with van der Waals surface area (Å²) in [6.45, 7) is 1.25. The molecule has 2 aromatic heterocycles. The summed E-state index contributed by atoms with van der Waals surface area (Å²) in [6, 6.07) is 2.75. The van der Waals surface area contributed by atoms with E-state index in [1.807, 2.05) is 0 Å². The van der Waals surface area contributed by atoms with Crippen molar-refractivity contribution in [2.45, 2.75) is 19.1 Å². The number of rotatable bonds is 5. The van der Waals surface area contributed by atoms with E-state index in [0.717, 1.165) is 24.7 Å². The molecular weight excluding hydrogens is 347 g/mol. The molecule has 1 aromatic carbocycles. The summed E-state index contributed by atoms with van der Waals surface area (Å²) in [7, 11) is 0. The van der Waals surface area contributed by atoms with Crippen molar-refractivity contribution in [1.82, 2.24) is 24.7 Å². The number of nitrogens with zero attached hydrogens (tertiary/aromatic N) is 5. The fourth-order valence-electron chi connectivity index (χ4n) is 2.77.